The first kappa shape index (κ1) is 13.5. The van der Waals surface area contributed by atoms with E-state index in [9.17, 15) is 9.59 Å². The molecule has 0 aliphatic rings. The van der Waals surface area contributed by atoms with Crippen molar-refractivity contribution >= 4 is 23.3 Å². The molecule has 2 amide bonds. The van der Waals surface area contributed by atoms with E-state index in [2.05, 4.69) is 5.32 Å². The highest BCUT2D eigenvalue weighted by Gasteiger charge is 2.15. The van der Waals surface area contributed by atoms with Crippen LogP contribution in [0.5, 0.6) is 0 Å². The van der Waals surface area contributed by atoms with Gasteiger partial charge in [0, 0.05) is 11.4 Å². The molecule has 0 aromatic carbocycles. The van der Waals surface area contributed by atoms with Crippen molar-refractivity contribution in [3.05, 3.63) is 22.4 Å². The van der Waals surface area contributed by atoms with E-state index < -0.39 is 5.97 Å². The Bertz CT molecular complexity index is 365. The molecule has 5 nitrogen and oxygen atoms in total. The maximum Gasteiger partial charge on any atom is 0.323 e. The van der Waals surface area contributed by atoms with Crippen LogP contribution in [0.1, 0.15) is 18.2 Å². The fourth-order valence-electron chi connectivity index (χ4n) is 1.37. The van der Waals surface area contributed by atoms with E-state index in [1.165, 1.54) is 4.90 Å². The van der Waals surface area contributed by atoms with E-state index in [1.54, 1.807) is 11.3 Å². The van der Waals surface area contributed by atoms with Gasteiger partial charge in [-0.3, -0.25) is 4.79 Å². The summed E-state index contributed by atoms with van der Waals surface area (Å²) in [5.74, 6) is -0.996. The summed E-state index contributed by atoms with van der Waals surface area (Å²) in [5, 5.41) is 13.3. The summed E-state index contributed by atoms with van der Waals surface area (Å²) in [7, 11) is 0. The van der Waals surface area contributed by atoms with Gasteiger partial charge < -0.3 is 15.3 Å². The minimum absolute atomic E-state index is 0.260. The molecule has 0 bridgehead atoms. The van der Waals surface area contributed by atoms with Crippen molar-refractivity contribution in [3.8, 4) is 0 Å². The molecule has 1 heterocycles. The van der Waals surface area contributed by atoms with Gasteiger partial charge in [-0.05, 0) is 17.9 Å². The number of aliphatic carboxylic acids is 1. The second-order valence-corrected chi connectivity index (χ2v) is 4.59. The number of rotatable bonds is 6. The molecular weight excluding hydrogens is 240 g/mol. The number of nitrogens with zero attached hydrogens (tertiary/aromatic N) is 1. The Morgan fingerprint density at radius 3 is 2.82 bits per heavy atom. The van der Waals surface area contributed by atoms with Crippen LogP contribution in [0.4, 0.5) is 4.79 Å². The molecule has 1 aromatic heterocycles. The Morgan fingerprint density at radius 1 is 1.53 bits per heavy atom. The number of amides is 2. The van der Waals surface area contributed by atoms with Gasteiger partial charge in [-0.25, -0.2) is 4.79 Å². The lowest BCUT2D eigenvalue weighted by atomic mass is 10.4. The van der Waals surface area contributed by atoms with Crippen molar-refractivity contribution in [2.24, 2.45) is 0 Å². The fourth-order valence-corrected chi connectivity index (χ4v) is 2.02. The number of urea groups is 1. The van der Waals surface area contributed by atoms with Crippen LogP contribution in [0, 0.1) is 0 Å². The number of hydrogen-bond donors (Lipinski definition) is 2. The Kier molecular flexibility index (Phi) is 5.48. The zero-order valence-electron chi connectivity index (χ0n) is 9.68. The maximum atomic E-state index is 11.7. The highest BCUT2D eigenvalue weighted by molar-refractivity contribution is 7.09. The second-order valence-electron chi connectivity index (χ2n) is 3.55. The van der Waals surface area contributed by atoms with Crippen LogP contribution in [0.2, 0.25) is 0 Å². The molecule has 94 valence electrons. The van der Waals surface area contributed by atoms with Gasteiger partial charge in [-0.2, -0.15) is 0 Å². The molecule has 0 radical (unpaired) electrons. The lowest BCUT2D eigenvalue weighted by Gasteiger charge is -2.20. The predicted molar refractivity (Wildman–Crippen MR) is 66.1 cm³/mol. The van der Waals surface area contributed by atoms with Gasteiger partial charge in [-0.1, -0.05) is 13.0 Å². The van der Waals surface area contributed by atoms with Gasteiger partial charge in [0.15, 0.2) is 0 Å². The largest absolute Gasteiger partial charge is 0.480 e. The predicted octanol–water partition coefficient (Wildman–Crippen LogP) is 1.75. The van der Waals surface area contributed by atoms with Gasteiger partial charge in [-0.15, -0.1) is 11.3 Å². The van der Waals surface area contributed by atoms with Crippen molar-refractivity contribution in [2.45, 2.75) is 19.9 Å². The van der Waals surface area contributed by atoms with Crippen LogP contribution in [0.3, 0.4) is 0 Å². The Morgan fingerprint density at radius 2 is 2.29 bits per heavy atom. The monoisotopic (exact) mass is 256 g/mol. The summed E-state index contributed by atoms with van der Waals surface area (Å²) in [5.41, 5.74) is 0. The molecule has 1 aromatic rings. The number of thiophene rings is 1. The molecule has 0 aliphatic heterocycles. The minimum atomic E-state index is -0.996. The van der Waals surface area contributed by atoms with E-state index in [-0.39, 0.29) is 12.6 Å². The normalized spacial score (nSPS) is 9.94. The summed E-state index contributed by atoms with van der Waals surface area (Å²) in [6, 6.07) is 3.50. The lowest BCUT2D eigenvalue weighted by molar-refractivity contribution is -0.137. The van der Waals surface area contributed by atoms with Crippen molar-refractivity contribution in [1.29, 1.82) is 0 Å². The molecule has 17 heavy (non-hydrogen) atoms. The van der Waals surface area contributed by atoms with Crippen molar-refractivity contribution in [3.63, 3.8) is 0 Å². The summed E-state index contributed by atoms with van der Waals surface area (Å²) >= 11 is 1.55. The summed E-state index contributed by atoms with van der Waals surface area (Å²) in [6.07, 6.45) is 0.736. The number of carboxylic acid groups (broad SMARTS) is 1. The molecule has 0 spiro atoms. The third-order valence-electron chi connectivity index (χ3n) is 2.10. The van der Waals surface area contributed by atoms with Crippen LogP contribution < -0.4 is 5.32 Å². The molecule has 6 heteroatoms. The van der Waals surface area contributed by atoms with Gasteiger partial charge in [0.25, 0.3) is 0 Å². The minimum Gasteiger partial charge on any atom is -0.480 e. The zero-order valence-corrected chi connectivity index (χ0v) is 10.5. The maximum absolute atomic E-state index is 11.7. The van der Waals surface area contributed by atoms with E-state index in [4.69, 9.17) is 5.11 Å². The van der Waals surface area contributed by atoms with Crippen LogP contribution in [0.15, 0.2) is 17.5 Å². The molecule has 0 saturated carbocycles. The standard InChI is InChI=1S/C11H16N2O3S/c1-2-5-13(8-10(14)15)11(16)12-7-9-4-3-6-17-9/h3-4,6H,2,5,7-8H2,1H3,(H,12,16)(H,14,15). The lowest BCUT2D eigenvalue weighted by Crippen LogP contribution is -2.42. The smallest absolute Gasteiger partial charge is 0.323 e. The molecular formula is C11H16N2O3S. The Hall–Kier alpha value is -1.56. The number of hydrogen-bond acceptors (Lipinski definition) is 3. The highest BCUT2D eigenvalue weighted by Crippen LogP contribution is 2.07. The van der Waals surface area contributed by atoms with Crippen LogP contribution in [-0.2, 0) is 11.3 Å². The summed E-state index contributed by atoms with van der Waals surface area (Å²) in [4.78, 5) is 24.7. The van der Waals surface area contributed by atoms with E-state index in [0.717, 1.165) is 11.3 Å². The molecule has 0 atom stereocenters. The van der Waals surface area contributed by atoms with Gasteiger partial charge in [0.05, 0.1) is 6.54 Å². The molecule has 0 saturated heterocycles. The average Bonchev–Trinajstić information content (AvgIpc) is 2.77. The third kappa shape index (κ3) is 4.86. The summed E-state index contributed by atoms with van der Waals surface area (Å²) in [6.45, 7) is 2.53. The topological polar surface area (TPSA) is 69.6 Å². The zero-order chi connectivity index (χ0) is 12.7. The van der Waals surface area contributed by atoms with Crippen molar-refractivity contribution in [2.75, 3.05) is 13.1 Å². The number of carbonyl (C=O) groups excluding carboxylic acids is 1. The molecule has 0 fully saturated rings. The van der Waals surface area contributed by atoms with E-state index in [1.807, 2.05) is 24.4 Å². The molecule has 0 unspecified atom stereocenters. The first-order valence-electron chi connectivity index (χ1n) is 5.40. The fraction of sp³-hybridized carbons (Fsp3) is 0.455. The van der Waals surface area contributed by atoms with Gasteiger partial charge in [0.1, 0.15) is 6.54 Å². The number of nitrogens with one attached hydrogen (secondary N) is 1. The van der Waals surface area contributed by atoms with Gasteiger partial charge >= 0.3 is 12.0 Å². The first-order valence-corrected chi connectivity index (χ1v) is 6.28. The SMILES string of the molecule is CCCN(CC(=O)O)C(=O)NCc1cccs1. The quantitative estimate of drug-likeness (QED) is 0.814. The number of carboxylic acids is 1. The van der Waals surface area contributed by atoms with Crippen LogP contribution in [0.25, 0.3) is 0 Å². The Labute approximate surface area is 104 Å². The van der Waals surface area contributed by atoms with Crippen LogP contribution in [-0.4, -0.2) is 35.1 Å². The Balaban J connectivity index is 2.44. The summed E-state index contributed by atoms with van der Waals surface area (Å²) < 4.78 is 0. The average molecular weight is 256 g/mol. The molecule has 2 N–H and O–H groups in total. The first-order chi connectivity index (χ1) is 8.13. The van der Waals surface area contributed by atoms with Crippen molar-refractivity contribution in [1.82, 2.24) is 10.2 Å². The van der Waals surface area contributed by atoms with Gasteiger partial charge in [0.2, 0.25) is 0 Å². The van der Waals surface area contributed by atoms with E-state index in [0.29, 0.717) is 13.1 Å². The highest BCUT2D eigenvalue weighted by atomic mass is 32.1. The van der Waals surface area contributed by atoms with Crippen LogP contribution >= 0.6 is 11.3 Å². The third-order valence-corrected chi connectivity index (χ3v) is 2.98. The molecule has 1 rings (SSSR count). The van der Waals surface area contributed by atoms with E-state index >= 15 is 0 Å². The van der Waals surface area contributed by atoms with Crippen molar-refractivity contribution < 1.29 is 14.7 Å². The second kappa shape index (κ2) is 6.90. The number of carbonyl (C=O) groups is 2. The molecule has 0 aliphatic carbocycles.